The SMILES string of the molecule is CC[C@H](C(=O)NC1CCCC1)N(Cc1ccccc1C)C(=O)CCCN(c1ccc(C)cc1)S(C)(=O)=O. The molecule has 1 saturated carbocycles. The van der Waals surface area contributed by atoms with Crippen LogP contribution in [0.4, 0.5) is 5.69 Å². The van der Waals surface area contributed by atoms with Crippen LogP contribution >= 0.6 is 0 Å². The Morgan fingerprint density at radius 3 is 2.27 bits per heavy atom. The second kappa shape index (κ2) is 13.1. The van der Waals surface area contributed by atoms with Gasteiger partial charge in [-0.1, -0.05) is 61.7 Å². The van der Waals surface area contributed by atoms with E-state index in [0.717, 1.165) is 42.4 Å². The van der Waals surface area contributed by atoms with Gasteiger partial charge in [0.15, 0.2) is 0 Å². The van der Waals surface area contributed by atoms with Crippen LogP contribution in [0, 0.1) is 13.8 Å². The summed E-state index contributed by atoms with van der Waals surface area (Å²) in [4.78, 5) is 28.6. The predicted octanol–water partition coefficient (Wildman–Crippen LogP) is 4.72. The smallest absolute Gasteiger partial charge is 0.243 e. The fraction of sp³-hybridized carbons (Fsp3) is 0.517. The summed E-state index contributed by atoms with van der Waals surface area (Å²) < 4.78 is 26.3. The Hall–Kier alpha value is -2.87. The van der Waals surface area contributed by atoms with Crippen LogP contribution < -0.4 is 9.62 Å². The molecule has 0 heterocycles. The van der Waals surface area contributed by atoms with E-state index in [0.29, 0.717) is 25.1 Å². The minimum absolute atomic E-state index is 0.103. The summed E-state index contributed by atoms with van der Waals surface area (Å²) in [5.74, 6) is -0.247. The number of aryl methyl sites for hydroxylation is 2. The number of hydrogen-bond donors (Lipinski definition) is 1. The first-order chi connectivity index (χ1) is 17.6. The lowest BCUT2D eigenvalue weighted by Gasteiger charge is -2.32. The van der Waals surface area contributed by atoms with Crippen LogP contribution in [0.15, 0.2) is 48.5 Å². The summed E-state index contributed by atoms with van der Waals surface area (Å²) in [7, 11) is -3.51. The maximum atomic E-state index is 13.6. The normalized spacial score (nSPS) is 14.8. The number of sulfonamides is 1. The molecule has 0 spiro atoms. The van der Waals surface area contributed by atoms with Gasteiger partial charge >= 0.3 is 0 Å². The molecule has 1 atom stereocenters. The van der Waals surface area contributed by atoms with Gasteiger partial charge in [-0.3, -0.25) is 13.9 Å². The number of hydrogen-bond acceptors (Lipinski definition) is 4. The third-order valence-corrected chi connectivity index (χ3v) is 8.36. The van der Waals surface area contributed by atoms with Crippen LogP contribution in [0.2, 0.25) is 0 Å². The number of amides is 2. The lowest BCUT2D eigenvalue weighted by atomic mass is 10.0. The summed E-state index contributed by atoms with van der Waals surface area (Å²) in [6.45, 7) is 6.42. The molecular formula is C29H41N3O4S. The molecule has 2 aromatic rings. The lowest BCUT2D eigenvalue weighted by Crippen LogP contribution is -2.51. The van der Waals surface area contributed by atoms with Crippen molar-refractivity contribution in [3.05, 3.63) is 65.2 Å². The summed E-state index contributed by atoms with van der Waals surface area (Å²) in [5.41, 5.74) is 3.69. The number of anilines is 1. The van der Waals surface area contributed by atoms with Gasteiger partial charge in [0.1, 0.15) is 6.04 Å². The zero-order chi connectivity index (χ0) is 27.0. The van der Waals surface area contributed by atoms with Crippen LogP contribution in [-0.4, -0.2) is 50.0 Å². The highest BCUT2D eigenvalue weighted by Crippen LogP contribution is 2.22. The molecule has 0 bridgehead atoms. The van der Waals surface area contributed by atoms with Crippen LogP contribution in [0.3, 0.4) is 0 Å². The maximum absolute atomic E-state index is 13.6. The van der Waals surface area contributed by atoms with E-state index in [1.165, 1.54) is 10.6 Å². The second-order valence-electron chi connectivity index (χ2n) is 10.1. The zero-order valence-corrected chi connectivity index (χ0v) is 23.4. The minimum atomic E-state index is -3.51. The average molecular weight is 528 g/mol. The summed E-state index contributed by atoms with van der Waals surface area (Å²) >= 11 is 0. The van der Waals surface area contributed by atoms with Gasteiger partial charge in [-0.25, -0.2) is 8.42 Å². The summed E-state index contributed by atoms with van der Waals surface area (Å²) in [6, 6.07) is 14.8. The largest absolute Gasteiger partial charge is 0.352 e. The van der Waals surface area contributed by atoms with E-state index in [1.54, 1.807) is 17.0 Å². The Morgan fingerprint density at radius 2 is 1.68 bits per heavy atom. The molecule has 2 aromatic carbocycles. The van der Waals surface area contributed by atoms with Gasteiger partial charge in [-0.2, -0.15) is 0 Å². The second-order valence-corrected chi connectivity index (χ2v) is 12.0. The Labute approximate surface area is 222 Å². The van der Waals surface area contributed by atoms with Gasteiger partial charge in [0.2, 0.25) is 21.8 Å². The number of nitrogens with one attached hydrogen (secondary N) is 1. The molecule has 1 fully saturated rings. The lowest BCUT2D eigenvalue weighted by molar-refractivity contribution is -0.141. The Bertz CT molecular complexity index is 1160. The maximum Gasteiger partial charge on any atom is 0.243 e. The highest BCUT2D eigenvalue weighted by molar-refractivity contribution is 7.92. The highest BCUT2D eigenvalue weighted by Gasteiger charge is 2.31. The molecule has 8 heteroatoms. The van der Waals surface area contributed by atoms with E-state index in [-0.39, 0.29) is 30.8 Å². The third-order valence-electron chi connectivity index (χ3n) is 7.16. The molecule has 202 valence electrons. The van der Waals surface area contributed by atoms with Gasteiger partial charge in [0.25, 0.3) is 0 Å². The molecule has 7 nitrogen and oxygen atoms in total. The molecule has 0 unspecified atom stereocenters. The first-order valence-electron chi connectivity index (χ1n) is 13.3. The Kier molecular flexibility index (Phi) is 10.1. The fourth-order valence-electron chi connectivity index (χ4n) is 4.97. The van der Waals surface area contributed by atoms with Crippen LogP contribution in [0.5, 0.6) is 0 Å². The molecule has 2 amide bonds. The van der Waals surface area contributed by atoms with Gasteiger partial charge in [-0.05, 0) is 62.8 Å². The van der Waals surface area contributed by atoms with Crippen LogP contribution in [-0.2, 0) is 26.2 Å². The van der Waals surface area contributed by atoms with Crippen molar-refractivity contribution in [1.82, 2.24) is 10.2 Å². The fourth-order valence-corrected chi connectivity index (χ4v) is 5.94. The average Bonchev–Trinajstić information content (AvgIpc) is 3.36. The minimum Gasteiger partial charge on any atom is -0.352 e. The number of benzene rings is 2. The van der Waals surface area contributed by atoms with Crippen LogP contribution in [0.25, 0.3) is 0 Å². The van der Waals surface area contributed by atoms with Gasteiger partial charge in [0, 0.05) is 25.6 Å². The quantitative estimate of drug-likeness (QED) is 0.433. The number of rotatable bonds is 12. The van der Waals surface area contributed by atoms with Crippen molar-refractivity contribution in [1.29, 1.82) is 0 Å². The van der Waals surface area contributed by atoms with Crippen molar-refractivity contribution in [3.63, 3.8) is 0 Å². The molecule has 1 aliphatic carbocycles. The van der Waals surface area contributed by atoms with E-state index in [1.807, 2.05) is 57.2 Å². The van der Waals surface area contributed by atoms with Gasteiger partial charge in [0.05, 0.1) is 11.9 Å². The molecule has 0 aliphatic heterocycles. The molecule has 3 rings (SSSR count). The van der Waals surface area contributed by atoms with Crippen molar-refractivity contribution in [2.45, 2.75) is 84.3 Å². The molecule has 0 aromatic heterocycles. The van der Waals surface area contributed by atoms with Crippen LogP contribution in [0.1, 0.15) is 68.6 Å². The van der Waals surface area contributed by atoms with Gasteiger partial charge < -0.3 is 10.2 Å². The summed E-state index contributed by atoms with van der Waals surface area (Å²) in [5, 5.41) is 3.17. The van der Waals surface area contributed by atoms with Crippen molar-refractivity contribution < 1.29 is 18.0 Å². The van der Waals surface area contributed by atoms with Crippen molar-refractivity contribution >= 4 is 27.5 Å². The standard InChI is InChI=1S/C29H41N3O4S/c1-5-27(29(34)30-25-13-8-9-14-25)31(21-24-12-7-6-11-23(24)3)28(33)15-10-20-32(37(4,35)36)26-18-16-22(2)17-19-26/h6-7,11-12,16-19,25,27H,5,8-10,13-15,20-21H2,1-4H3,(H,30,34)/t27-/m1/s1. The third kappa shape index (κ3) is 8.06. The predicted molar refractivity (Wildman–Crippen MR) is 149 cm³/mol. The Balaban J connectivity index is 1.76. The number of nitrogens with zero attached hydrogens (tertiary/aromatic N) is 2. The molecule has 0 saturated heterocycles. The monoisotopic (exact) mass is 527 g/mol. The molecule has 37 heavy (non-hydrogen) atoms. The molecule has 0 radical (unpaired) electrons. The summed E-state index contributed by atoms with van der Waals surface area (Å²) in [6.07, 6.45) is 6.38. The zero-order valence-electron chi connectivity index (χ0n) is 22.6. The van der Waals surface area contributed by atoms with Gasteiger partial charge in [-0.15, -0.1) is 0 Å². The Morgan fingerprint density at radius 1 is 1.03 bits per heavy atom. The van der Waals surface area contributed by atoms with E-state index < -0.39 is 16.1 Å². The topological polar surface area (TPSA) is 86.8 Å². The first kappa shape index (κ1) is 28.7. The van der Waals surface area contributed by atoms with Crippen molar-refractivity contribution in [2.75, 3.05) is 17.1 Å². The van der Waals surface area contributed by atoms with E-state index in [9.17, 15) is 18.0 Å². The number of carbonyl (C=O) groups is 2. The molecular weight excluding hydrogens is 486 g/mol. The number of carbonyl (C=O) groups excluding carboxylic acids is 2. The van der Waals surface area contributed by atoms with Crippen molar-refractivity contribution in [2.24, 2.45) is 0 Å². The van der Waals surface area contributed by atoms with E-state index in [2.05, 4.69) is 5.32 Å². The van der Waals surface area contributed by atoms with E-state index in [4.69, 9.17) is 0 Å². The highest BCUT2D eigenvalue weighted by atomic mass is 32.2. The molecule has 1 N–H and O–H groups in total. The molecule has 1 aliphatic rings. The van der Waals surface area contributed by atoms with Crippen molar-refractivity contribution in [3.8, 4) is 0 Å². The first-order valence-corrected chi connectivity index (χ1v) is 15.1. The van der Waals surface area contributed by atoms with E-state index >= 15 is 0 Å².